The second-order valence-corrected chi connectivity index (χ2v) is 4.75. The Labute approximate surface area is 102 Å². The summed E-state index contributed by atoms with van der Waals surface area (Å²) in [5, 5.41) is 7.75. The van der Waals surface area contributed by atoms with Gasteiger partial charge in [0.15, 0.2) is 0 Å². The molecule has 16 heavy (non-hydrogen) atoms. The number of hydrogen-bond donors (Lipinski definition) is 1. The number of hydrogen-bond acceptors (Lipinski definition) is 3. The first-order valence-corrected chi connectivity index (χ1v) is 6.03. The fraction of sp³-hybridized carbons (Fsp3) is 0.364. The predicted molar refractivity (Wildman–Crippen MR) is 63.2 cm³/mol. The van der Waals surface area contributed by atoms with E-state index in [1.165, 1.54) is 5.56 Å². The van der Waals surface area contributed by atoms with Gasteiger partial charge in [0, 0.05) is 25.4 Å². The summed E-state index contributed by atoms with van der Waals surface area (Å²) >= 11 is 3.48. The van der Waals surface area contributed by atoms with Crippen LogP contribution in [0, 0.1) is 0 Å². The van der Waals surface area contributed by atoms with E-state index in [-0.39, 0.29) is 6.04 Å². The van der Waals surface area contributed by atoms with Gasteiger partial charge >= 0.3 is 0 Å². The lowest BCUT2D eigenvalue weighted by atomic mass is 9.99. The molecule has 0 aliphatic carbocycles. The first kappa shape index (κ1) is 10.1. The first-order valence-electron chi connectivity index (χ1n) is 5.24. The van der Waals surface area contributed by atoms with E-state index in [2.05, 4.69) is 26.3 Å². The minimum atomic E-state index is 0.113. The van der Waals surface area contributed by atoms with E-state index in [0.29, 0.717) is 0 Å². The quantitative estimate of drug-likeness (QED) is 0.870. The molecule has 0 saturated heterocycles. The van der Waals surface area contributed by atoms with Crippen molar-refractivity contribution in [1.82, 2.24) is 15.1 Å². The molecule has 1 aliphatic heterocycles. The van der Waals surface area contributed by atoms with Crippen molar-refractivity contribution in [2.24, 2.45) is 7.05 Å². The van der Waals surface area contributed by atoms with E-state index in [4.69, 9.17) is 4.42 Å². The van der Waals surface area contributed by atoms with E-state index in [9.17, 15) is 0 Å². The van der Waals surface area contributed by atoms with E-state index in [1.54, 1.807) is 10.9 Å². The van der Waals surface area contributed by atoms with Gasteiger partial charge in [-0.15, -0.1) is 0 Å². The Morgan fingerprint density at radius 2 is 2.50 bits per heavy atom. The van der Waals surface area contributed by atoms with Gasteiger partial charge in [0.1, 0.15) is 10.4 Å². The Bertz CT molecular complexity index is 517. The Morgan fingerprint density at radius 3 is 3.25 bits per heavy atom. The van der Waals surface area contributed by atoms with Crippen LogP contribution in [0.25, 0.3) is 0 Å². The molecule has 0 fully saturated rings. The fourth-order valence-electron chi connectivity index (χ4n) is 2.18. The maximum Gasteiger partial charge on any atom is 0.133 e. The van der Waals surface area contributed by atoms with Crippen molar-refractivity contribution in [2.45, 2.75) is 12.5 Å². The van der Waals surface area contributed by atoms with Gasteiger partial charge in [-0.1, -0.05) is 0 Å². The summed E-state index contributed by atoms with van der Waals surface area (Å²) in [5.74, 6) is 1.01. The van der Waals surface area contributed by atoms with Crippen LogP contribution in [0.15, 0.2) is 27.5 Å². The SMILES string of the molecule is Cn1cc(C2NCCc3ccoc32)c(Br)n1. The fourth-order valence-corrected chi connectivity index (χ4v) is 2.76. The van der Waals surface area contributed by atoms with Crippen LogP contribution in [0.5, 0.6) is 0 Å². The molecular weight excluding hydrogens is 270 g/mol. The van der Waals surface area contributed by atoms with Gasteiger partial charge in [-0.25, -0.2) is 0 Å². The average Bonchev–Trinajstić information content (AvgIpc) is 2.84. The Kier molecular flexibility index (Phi) is 2.37. The molecule has 1 aliphatic rings. The molecule has 5 heteroatoms. The van der Waals surface area contributed by atoms with Crippen LogP contribution in [0.4, 0.5) is 0 Å². The normalized spacial score (nSPS) is 19.8. The number of halogens is 1. The number of aromatic nitrogens is 2. The van der Waals surface area contributed by atoms with Crippen LogP contribution in [0.1, 0.15) is 22.9 Å². The second-order valence-electron chi connectivity index (χ2n) is 4.00. The lowest BCUT2D eigenvalue weighted by Crippen LogP contribution is -2.29. The van der Waals surface area contributed by atoms with Crippen molar-refractivity contribution >= 4 is 15.9 Å². The minimum absolute atomic E-state index is 0.113. The van der Waals surface area contributed by atoms with Gasteiger partial charge in [0.05, 0.1) is 12.3 Å². The zero-order chi connectivity index (χ0) is 11.1. The summed E-state index contributed by atoms with van der Waals surface area (Å²) in [6, 6.07) is 2.16. The molecule has 0 aromatic carbocycles. The summed E-state index contributed by atoms with van der Waals surface area (Å²) in [7, 11) is 1.92. The first-order chi connectivity index (χ1) is 7.75. The molecule has 2 aromatic rings. The number of furan rings is 1. The van der Waals surface area contributed by atoms with Crippen molar-refractivity contribution in [3.05, 3.63) is 40.0 Å². The highest BCUT2D eigenvalue weighted by molar-refractivity contribution is 9.10. The zero-order valence-electron chi connectivity index (χ0n) is 8.90. The Hall–Kier alpha value is -1.07. The van der Waals surface area contributed by atoms with Gasteiger partial charge in [0.2, 0.25) is 0 Å². The summed E-state index contributed by atoms with van der Waals surface area (Å²) < 4.78 is 8.24. The molecule has 1 atom stereocenters. The monoisotopic (exact) mass is 281 g/mol. The molecule has 0 saturated carbocycles. The molecule has 3 heterocycles. The maximum absolute atomic E-state index is 5.57. The van der Waals surface area contributed by atoms with Gasteiger partial charge in [-0.3, -0.25) is 4.68 Å². The molecule has 84 valence electrons. The molecule has 4 nitrogen and oxygen atoms in total. The van der Waals surface area contributed by atoms with Gasteiger partial charge < -0.3 is 9.73 Å². The molecular formula is C11H12BrN3O. The highest BCUT2D eigenvalue weighted by Gasteiger charge is 2.27. The molecule has 1 unspecified atom stereocenters. The third-order valence-corrected chi connectivity index (χ3v) is 3.52. The summed E-state index contributed by atoms with van der Waals surface area (Å²) in [5.41, 5.74) is 2.41. The number of fused-ring (bicyclic) bond motifs is 1. The largest absolute Gasteiger partial charge is 0.467 e. The lowest BCUT2D eigenvalue weighted by molar-refractivity contribution is 0.424. The summed E-state index contributed by atoms with van der Waals surface area (Å²) in [6.07, 6.45) is 4.80. The third kappa shape index (κ3) is 1.51. The molecule has 0 spiro atoms. The van der Waals surface area contributed by atoms with Gasteiger partial charge in [-0.05, 0) is 34.0 Å². The third-order valence-electron chi connectivity index (χ3n) is 2.91. The van der Waals surface area contributed by atoms with Gasteiger partial charge in [-0.2, -0.15) is 5.10 Å². The highest BCUT2D eigenvalue weighted by Crippen LogP contribution is 2.32. The molecule has 0 bridgehead atoms. The highest BCUT2D eigenvalue weighted by atomic mass is 79.9. The van der Waals surface area contributed by atoms with Gasteiger partial charge in [0.25, 0.3) is 0 Å². The molecule has 3 rings (SSSR count). The number of aryl methyl sites for hydroxylation is 1. The Balaban J connectivity index is 2.07. The minimum Gasteiger partial charge on any atom is -0.467 e. The zero-order valence-corrected chi connectivity index (χ0v) is 10.5. The number of nitrogens with zero attached hydrogens (tertiary/aromatic N) is 2. The molecule has 1 N–H and O–H groups in total. The molecule has 0 amide bonds. The van der Waals surface area contributed by atoms with Crippen molar-refractivity contribution in [3.8, 4) is 0 Å². The van der Waals surface area contributed by atoms with E-state index in [1.807, 2.05) is 19.3 Å². The standard InChI is InChI=1S/C11H12BrN3O/c1-15-6-8(11(12)14-15)9-10-7(2-4-13-9)3-5-16-10/h3,5-6,9,13H,2,4H2,1H3. The van der Waals surface area contributed by atoms with Crippen LogP contribution in [-0.2, 0) is 13.5 Å². The number of nitrogens with one attached hydrogen (secondary N) is 1. The van der Waals surface area contributed by atoms with Crippen LogP contribution in [0.3, 0.4) is 0 Å². The van der Waals surface area contributed by atoms with Crippen molar-refractivity contribution in [2.75, 3.05) is 6.54 Å². The van der Waals surface area contributed by atoms with Crippen LogP contribution in [-0.4, -0.2) is 16.3 Å². The lowest BCUT2D eigenvalue weighted by Gasteiger charge is -2.21. The maximum atomic E-state index is 5.57. The summed E-state index contributed by atoms with van der Waals surface area (Å²) in [4.78, 5) is 0. The van der Waals surface area contributed by atoms with Crippen LogP contribution in [0.2, 0.25) is 0 Å². The van der Waals surface area contributed by atoms with E-state index in [0.717, 1.165) is 28.9 Å². The topological polar surface area (TPSA) is 43.0 Å². The van der Waals surface area contributed by atoms with Crippen LogP contribution < -0.4 is 5.32 Å². The molecule has 0 radical (unpaired) electrons. The average molecular weight is 282 g/mol. The summed E-state index contributed by atoms with van der Waals surface area (Å²) in [6.45, 7) is 0.971. The molecule has 2 aromatic heterocycles. The number of rotatable bonds is 1. The van der Waals surface area contributed by atoms with Crippen molar-refractivity contribution < 1.29 is 4.42 Å². The van der Waals surface area contributed by atoms with E-state index >= 15 is 0 Å². The van der Waals surface area contributed by atoms with E-state index < -0.39 is 0 Å². The predicted octanol–water partition coefficient (Wildman–Crippen LogP) is 2.01. The Morgan fingerprint density at radius 1 is 1.62 bits per heavy atom. The second kappa shape index (κ2) is 3.75. The smallest absolute Gasteiger partial charge is 0.133 e. The van der Waals surface area contributed by atoms with Crippen molar-refractivity contribution in [3.63, 3.8) is 0 Å². The van der Waals surface area contributed by atoms with Crippen molar-refractivity contribution in [1.29, 1.82) is 0 Å². The van der Waals surface area contributed by atoms with Crippen LogP contribution >= 0.6 is 15.9 Å².